The number of nitrogens with one attached hydrogen (secondary N) is 2. The number of rotatable bonds is 7. The number of aryl methyl sites for hydroxylation is 1. The van der Waals surface area contributed by atoms with Crippen LogP contribution in [0.4, 0.5) is 0 Å². The highest BCUT2D eigenvalue weighted by atomic mass is 32.1. The lowest BCUT2D eigenvalue weighted by atomic mass is 10.1. The monoisotopic (exact) mass is 314 g/mol. The Morgan fingerprint density at radius 2 is 1.64 bits per heavy atom. The molecule has 0 aliphatic heterocycles. The van der Waals surface area contributed by atoms with Crippen molar-refractivity contribution in [3.8, 4) is 5.75 Å². The van der Waals surface area contributed by atoms with Crippen molar-refractivity contribution < 1.29 is 4.74 Å². The van der Waals surface area contributed by atoms with Crippen molar-refractivity contribution in [3.63, 3.8) is 0 Å². The Bertz CT molecular complexity index is 569. The normalized spacial score (nSPS) is 10.0. The third kappa shape index (κ3) is 6.14. The van der Waals surface area contributed by atoms with Gasteiger partial charge >= 0.3 is 0 Å². The molecule has 0 radical (unpaired) electrons. The van der Waals surface area contributed by atoms with Gasteiger partial charge in [-0.05, 0) is 43.3 Å². The summed E-state index contributed by atoms with van der Waals surface area (Å²) in [5, 5.41) is 7.02. The van der Waals surface area contributed by atoms with Gasteiger partial charge in [0.25, 0.3) is 0 Å². The Kier molecular flexibility index (Phi) is 6.71. The topological polar surface area (TPSA) is 33.3 Å². The Morgan fingerprint density at radius 1 is 0.955 bits per heavy atom. The van der Waals surface area contributed by atoms with Crippen LogP contribution in [0.15, 0.2) is 54.6 Å². The highest BCUT2D eigenvalue weighted by Crippen LogP contribution is 2.10. The van der Waals surface area contributed by atoms with Gasteiger partial charge in [0, 0.05) is 6.54 Å². The summed E-state index contributed by atoms with van der Waals surface area (Å²) >= 11 is 5.24. The van der Waals surface area contributed by atoms with E-state index in [9.17, 15) is 0 Å². The molecule has 0 heterocycles. The standard InChI is InChI=1S/C18H22N2OS/c1-15-7-9-17(10-8-15)21-14-13-20-18(22)19-12-11-16-5-3-2-4-6-16/h2-10H,11-14H2,1H3,(H2,19,20,22). The predicted octanol–water partition coefficient (Wildman–Crippen LogP) is 3.08. The van der Waals surface area contributed by atoms with Crippen molar-refractivity contribution >= 4 is 17.3 Å². The van der Waals surface area contributed by atoms with E-state index in [1.807, 2.05) is 42.5 Å². The van der Waals surface area contributed by atoms with Crippen LogP contribution < -0.4 is 15.4 Å². The molecule has 0 unspecified atom stereocenters. The molecule has 0 amide bonds. The van der Waals surface area contributed by atoms with Crippen LogP contribution in [0.1, 0.15) is 11.1 Å². The molecule has 0 aliphatic rings. The average molecular weight is 314 g/mol. The zero-order chi connectivity index (χ0) is 15.6. The van der Waals surface area contributed by atoms with Gasteiger partial charge in [-0.3, -0.25) is 0 Å². The molecule has 22 heavy (non-hydrogen) atoms. The fourth-order valence-corrected chi connectivity index (χ4v) is 2.20. The minimum atomic E-state index is 0.587. The van der Waals surface area contributed by atoms with Gasteiger partial charge in [-0.25, -0.2) is 0 Å². The van der Waals surface area contributed by atoms with Crippen LogP contribution in [-0.4, -0.2) is 24.8 Å². The van der Waals surface area contributed by atoms with E-state index in [2.05, 4.69) is 29.7 Å². The van der Waals surface area contributed by atoms with Crippen molar-refractivity contribution in [2.24, 2.45) is 0 Å². The van der Waals surface area contributed by atoms with Crippen molar-refractivity contribution in [2.75, 3.05) is 19.7 Å². The van der Waals surface area contributed by atoms with E-state index in [0.717, 1.165) is 18.7 Å². The van der Waals surface area contributed by atoms with E-state index in [-0.39, 0.29) is 0 Å². The van der Waals surface area contributed by atoms with Crippen molar-refractivity contribution in [1.82, 2.24) is 10.6 Å². The first-order valence-electron chi connectivity index (χ1n) is 7.49. The largest absolute Gasteiger partial charge is 0.492 e. The number of thiocarbonyl (C=S) groups is 1. The lowest BCUT2D eigenvalue weighted by Crippen LogP contribution is -2.38. The summed E-state index contributed by atoms with van der Waals surface area (Å²) in [5.41, 5.74) is 2.54. The first kappa shape index (κ1) is 16.3. The van der Waals surface area contributed by atoms with Crippen molar-refractivity contribution in [3.05, 3.63) is 65.7 Å². The Hall–Kier alpha value is -2.07. The minimum absolute atomic E-state index is 0.587. The fraction of sp³-hybridized carbons (Fsp3) is 0.278. The second-order valence-electron chi connectivity index (χ2n) is 5.08. The molecule has 0 aromatic heterocycles. The summed E-state index contributed by atoms with van der Waals surface area (Å²) < 4.78 is 5.64. The van der Waals surface area contributed by atoms with E-state index in [1.54, 1.807) is 0 Å². The molecule has 4 heteroatoms. The van der Waals surface area contributed by atoms with E-state index in [4.69, 9.17) is 17.0 Å². The SMILES string of the molecule is Cc1ccc(OCCNC(=S)NCCc2ccccc2)cc1. The third-order valence-electron chi connectivity index (χ3n) is 3.22. The second-order valence-corrected chi connectivity index (χ2v) is 5.49. The zero-order valence-electron chi connectivity index (χ0n) is 12.8. The molecular formula is C18H22N2OS. The molecule has 0 fully saturated rings. The molecular weight excluding hydrogens is 292 g/mol. The Labute approximate surface area is 137 Å². The quantitative estimate of drug-likeness (QED) is 0.608. The lowest BCUT2D eigenvalue weighted by molar-refractivity contribution is 0.322. The van der Waals surface area contributed by atoms with Gasteiger partial charge in [-0.2, -0.15) is 0 Å². The average Bonchev–Trinajstić information content (AvgIpc) is 2.54. The van der Waals surface area contributed by atoms with Gasteiger partial charge in [0.1, 0.15) is 12.4 Å². The molecule has 116 valence electrons. The van der Waals surface area contributed by atoms with Crippen LogP contribution in [0.5, 0.6) is 5.75 Å². The van der Waals surface area contributed by atoms with Crippen LogP contribution in [-0.2, 0) is 6.42 Å². The summed E-state index contributed by atoms with van der Waals surface area (Å²) in [7, 11) is 0. The first-order valence-corrected chi connectivity index (χ1v) is 7.90. The van der Waals surface area contributed by atoms with E-state index in [1.165, 1.54) is 11.1 Å². The molecule has 0 saturated carbocycles. The molecule has 2 aromatic carbocycles. The number of ether oxygens (including phenoxy) is 1. The van der Waals surface area contributed by atoms with Crippen LogP contribution in [0, 0.1) is 6.92 Å². The second kappa shape index (κ2) is 9.05. The van der Waals surface area contributed by atoms with Crippen LogP contribution in [0.2, 0.25) is 0 Å². The van der Waals surface area contributed by atoms with Crippen LogP contribution in [0.3, 0.4) is 0 Å². The van der Waals surface area contributed by atoms with E-state index < -0.39 is 0 Å². The summed E-state index contributed by atoms with van der Waals surface area (Å²) in [6.07, 6.45) is 0.961. The molecule has 0 bridgehead atoms. The van der Waals surface area contributed by atoms with Gasteiger partial charge in [-0.15, -0.1) is 0 Å². The summed E-state index contributed by atoms with van der Waals surface area (Å²) in [5.74, 6) is 0.885. The zero-order valence-corrected chi connectivity index (χ0v) is 13.7. The van der Waals surface area contributed by atoms with Gasteiger partial charge in [-0.1, -0.05) is 48.0 Å². The maximum atomic E-state index is 5.64. The van der Waals surface area contributed by atoms with E-state index in [0.29, 0.717) is 18.3 Å². The highest BCUT2D eigenvalue weighted by molar-refractivity contribution is 7.80. The van der Waals surface area contributed by atoms with Crippen molar-refractivity contribution in [1.29, 1.82) is 0 Å². The number of benzene rings is 2. The number of hydrogen-bond acceptors (Lipinski definition) is 2. The lowest BCUT2D eigenvalue weighted by Gasteiger charge is -2.11. The Morgan fingerprint density at radius 3 is 2.36 bits per heavy atom. The molecule has 2 rings (SSSR count). The minimum Gasteiger partial charge on any atom is -0.492 e. The van der Waals surface area contributed by atoms with Gasteiger partial charge in [0.05, 0.1) is 6.54 Å². The summed E-state index contributed by atoms with van der Waals surface area (Å²) in [6.45, 7) is 4.16. The third-order valence-corrected chi connectivity index (χ3v) is 3.51. The summed E-state index contributed by atoms with van der Waals surface area (Å²) in [6, 6.07) is 18.4. The van der Waals surface area contributed by atoms with Gasteiger partial charge in [0.15, 0.2) is 5.11 Å². The molecule has 0 saturated heterocycles. The molecule has 3 nitrogen and oxygen atoms in total. The maximum absolute atomic E-state index is 5.64. The van der Waals surface area contributed by atoms with Gasteiger partial charge in [0.2, 0.25) is 0 Å². The van der Waals surface area contributed by atoms with Crippen LogP contribution >= 0.6 is 12.2 Å². The van der Waals surface area contributed by atoms with Crippen molar-refractivity contribution in [2.45, 2.75) is 13.3 Å². The smallest absolute Gasteiger partial charge is 0.166 e. The molecule has 0 aliphatic carbocycles. The van der Waals surface area contributed by atoms with E-state index >= 15 is 0 Å². The summed E-state index contributed by atoms with van der Waals surface area (Å²) in [4.78, 5) is 0. The number of hydrogen-bond donors (Lipinski definition) is 2. The molecule has 2 N–H and O–H groups in total. The van der Waals surface area contributed by atoms with Gasteiger partial charge < -0.3 is 15.4 Å². The molecule has 0 spiro atoms. The molecule has 2 aromatic rings. The fourth-order valence-electron chi connectivity index (χ4n) is 2.00. The predicted molar refractivity (Wildman–Crippen MR) is 95.4 cm³/mol. The first-order chi connectivity index (χ1) is 10.7. The van der Waals surface area contributed by atoms with Crippen LogP contribution in [0.25, 0.3) is 0 Å². The highest BCUT2D eigenvalue weighted by Gasteiger charge is 1.97. The maximum Gasteiger partial charge on any atom is 0.166 e. The molecule has 0 atom stereocenters. The Balaban J connectivity index is 1.55.